The van der Waals surface area contributed by atoms with E-state index in [2.05, 4.69) is 15.8 Å². The fourth-order valence-corrected chi connectivity index (χ4v) is 5.64. The summed E-state index contributed by atoms with van der Waals surface area (Å²) in [5.41, 5.74) is 2.78. The van der Waals surface area contributed by atoms with E-state index in [1.807, 2.05) is 0 Å². The number of aromatic nitrogens is 1. The number of aromatic amines is 1. The highest BCUT2D eigenvalue weighted by Gasteiger charge is 2.31. The van der Waals surface area contributed by atoms with Crippen molar-refractivity contribution in [1.82, 2.24) is 14.6 Å². The Kier molecular flexibility index (Phi) is 6.42. The maximum absolute atomic E-state index is 13.0. The number of amides is 1. The van der Waals surface area contributed by atoms with Gasteiger partial charge in [-0.25, -0.2) is 13.1 Å². The van der Waals surface area contributed by atoms with Crippen molar-refractivity contribution in [2.24, 2.45) is 0 Å². The molecule has 1 fully saturated rings. The second kappa shape index (κ2) is 8.61. The standard InChI is InChI=1S/C20H31N3O3S/c1-15-18(20(24)23-13-7-4-8-14-23)19(16(2)22-15)27(25,26)21-12-11-17-9-5-3-6-10-17/h9,21-22H,3-8,10-14H2,1-2H3. The minimum Gasteiger partial charge on any atom is -0.361 e. The third-order valence-electron chi connectivity index (χ3n) is 5.57. The summed E-state index contributed by atoms with van der Waals surface area (Å²) in [6, 6.07) is 0. The van der Waals surface area contributed by atoms with Crippen molar-refractivity contribution in [3.63, 3.8) is 0 Å². The number of hydrogen-bond acceptors (Lipinski definition) is 3. The second-order valence-electron chi connectivity index (χ2n) is 7.69. The Hall–Kier alpha value is -1.60. The molecule has 0 atom stereocenters. The number of aryl methyl sites for hydroxylation is 2. The van der Waals surface area contributed by atoms with Crippen molar-refractivity contribution in [2.75, 3.05) is 19.6 Å². The highest BCUT2D eigenvalue weighted by atomic mass is 32.2. The fraction of sp³-hybridized carbons (Fsp3) is 0.650. The number of hydrogen-bond donors (Lipinski definition) is 2. The van der Waals surface area contributed by atoms with Gasteiger partial charge in [-0.15, -0.1) is 0 Å². The molecule has 3 rings (SSSR count). The Morgan fingerprint density at radius 2 is 1.85 bits per heavy atom. The van der Waals surface area contributed by atoms with E-state index in [0.717, 1.165) is 38.5 Å². The summed E-state index contributed by atoms with van der Waals surface area (Å²) in [5.74, 6) is -0.174. The molecule has 1 saturated heterocycles. The van der Waals surface area contributed by atoms with Crippen LogP contribution in [0.4, 0.5) is 0 Å². The molecule has 0 unspecified atom stereocenters. The average Bonchev–Trinajstić information content (AvgIpc) is 2.97. The summed E-state index contributed by atoms with van der Waals surface area (Å²) in [7, 11) is -3.74. The minimum atomic E-state index is -3.74. The maximum Gasteiger partial charge on any atom is 0.257 e. The van der Waals surface area contributed by atoms with Crippen LogP contribution in [-0.4, -0.2) is 43.8 Å². The van der Waals surface area contributed by atoms with Crippen LogP contribution < -0.4 is 4.72 Å². The average molecular weight is 394 g/mol. The van der Waals surface area contributed by atoms with Gasteiger partial charge in [0.1, 0.15) is 4.90 Å². The molecule has 2 heterocycles. The van der Waals surface area contributed by atoms with Crippen molar-refractivity contribution in [3.05, 3.63) is 28.6 Å². The molecule has 0 radical (unpaired) electrons. The van der Waals surface area contributed by atoms with Crippen LogP contribution in [0, 0.1) is 13.8 Å². The van der Waals surface area contributed by atoms with Gasteiger partial charge in [-0.1, -0.05) is 11.6 Å². The molecule has 2 N–H and O–H groups in total. The van der Waals surface area contributed by atoms with Gasteiger partial charge >= 0.3 is 0 Å². The smallest absolute Gasteiger partial charge is 0.257 e. The van der Waals surface area contributed by atoms with Gasteiger partial charge in [0.05, 0.1) is 5.56 Å². The van der Waals surface area contributed by atoms with Crippen LogP contribution in [0.5, 0.6) is 0 Å². The van der Waals surface area contributed by atoms with Crippen molar-refractivity contribution in [3.8, 4) is 0 Å². The molecule has 1 aliphatic carbocycles. The normalized spacial score (nSPS) is 18.4. The van der Waals surface area contributed by atoms with E-state index in [1.165, 1.54) is 18.4 Å². The number of likely N-dealkylation sites (tertiary alicyclic amines) is 1. The quantitative estimate of drug-likeness (QED) is 0.727. The molecule has 1 amide bonds. The van der Waals surface area contributed by atoms with Crippen LogP contribution in [-0.2, 0) is 10.0 Å². The van der Waals surface area contributed by atoms with Gasteiger partial charge in [0, 0.05) is 31.0 Å². The number of nitrogens with one attached hydrogen (secondary N) is 2. The van der Waals surface area contributed by atoms with Gasteiger partial charge in [-0.3, -0.25) is 4.79 Å². The highest BCUT2D eigenvalue weighted by Crippen LogP contribution is 2.27. The number of piperidine rings is 1. The fourth-order valence-electron chi connectivity index (χ4n) is 4.16. The highest BCUT2D eigenvalue weighted by molar-refractivity contribution is 7.89. The Morgan fingerprint density at radius 3 is 2.52 bits per heavy atom. The first-order chi connectivity index (χ1) is 12.9. The van der Waals surface area contributed by atoms with Gasteiger partial charge in [0.2, 0.25) is 10.0 Å². The molecule has 0 aromatic carbocycles. The van der Waals surface area contributed by atoms with Crippen LogP contribution in [0.25, 0.3) is 0 Å². The summed E-state index contributed by atoms with van der Waals surface area (Å²) in [5, 5.41) is 0. The van der Waals surface area contributed by atoms with Crippen molar-refractivity contribution < 1.29 is 13.2 Å². The summed E-state index contributed by atoms with van der Waals surface area (Å²) in [4.78, 5) is 18.0. The van der Waals surface area contributed by atoms with Crippen molar-refractivity contribution in [1.29, 1.82) is 0 Å². The summed E-state index contributed by atoms with van der Waals surface area (Å²) in [6.07, 6.45) is 10.6. The van der Waals surface area contributed by atoms with Crippen LogP contribution in [0.3, 0.4) is 0 Å². The van der Waals surface area contributed by atoms with Gasteiger partial charge in [-0.2, -0.15) is 0 Å². The number of carbonyl (C=O) groups is 1. The van der Waals surface area contributed by atoms with Gasteiger partial charge in [0.25, 0.3) is 5.91 Å². The summed E-state index contributed by atoms with van der Waals surface area (Å²) in [6.45, 7) is 5.26. The number of allylic oxidation sites excluding steroid dienone is 1. The summed E-state index contributed by atoms with van der Waals surface area (Å²) < 4.78 is 28.7. The van der Waals surface area contributed by atoms with Crippen LogP contribution in [0.15, 0.2) is 16.5 Å². The largest absolute Gasteiger partial charge is 0.361 e. The molecule has 150 valence electrons. The lowest BCUT2D eigenvalue weighted by Gasteiger charge is -2.27. The minimum absolute atomic E-state index is 0.119. The zero-order chi connectivity index (χ0) is 19.4. The molecular weight excluding hydrogens is 362 g/mol. The number of sulfonamides is 1. The third-order valence-corrected chi connectivity index (χ3v) is 7.20. The number of rotatable bonds is 6. The predicted molar refractivity (Wildman–Crippen MR) is 106 cm³/mol. The molecule has 0 bridgehead atoms. The monoisotopic (exact) mass is 393 g/mol. The first-order valence-electron chi connectivity index (χ1n) is 10.1. The number of carbonyl (C=O) groups excluding carboxylic acids is 1. The van der Waals surface area contributed by atoms with Gasteiger partial charge < -0.3 is 9.88 Å². The molecule has 0 saturated carbocycles. The molecule has 1 aliphatic heterocycles. The topological polar surface area (TPSA) is 82.3 Å². The molecule has 7 heteroatoms. The molecular formula is C20H31N3O3S. The molecule has 27 heavy (non-hydrogen) atoms. The maximum atomic E-state index is 13.0. The zero-order valence-electron chi connectivity index (χ0n) is 16.4. The van der Waals surface area contributed by atoms with Gasteiger partial charge in [-0.05, 0) is 65.2 Å². The van der Waals surface area contributed by atoms with E-state index in [-0.39, 0.29) is 10.8 Å². The molecule has 6 nitrogen and oxygen atoms in total. The lowest BCUT2D eigenvalue weighted by atomic mass is 9.97. The summed E-state index contributed by atoms with van der Waals surface area (Å²) >= 11 is 0. The van der Waals surface area contributed by atoms with E-state index in [4.69, 9.17) is 0 Å². The number of nitrogens with zero attached hydrogens (tertiary/aromatic N) is 1. The molecule has 1 aromatic rings. The molecule has 1 aromatic heterocycles. The van der Waals surface area contributed by atoms with Crippen LogP contribution in [0.1, 0.15) is 73.1 Å². The van der Waals surface area contributed by atoms with E-state index < -0.39 is 10.0 Å². The van der Waals surface area contributed by atoms with E-state index >= 15 is 0 Å². The third kappa shape index (κ3) is 4.63. The van der Waals surface area contributed by atoms with Crippen LogP contribution >= 0.6 is 0 Å². The number of H-pyrrole nitrogens is 1. The van der Waals surface area contributed by atoms with Gasteiger partial charge in [0.15, 0.2) is 0 Å². The van der Waals surface area contributed by atoms with E-state index in [1.54, 1.807) is 18.7 Å². The van der Waals surface area contributed by atoms with Crippen LogP contribution in [0.2, 0.25) is 0 Å². The molecule has 2 aliphatic rings. The first kappa shape index (κ1) is 20.1. The van der Waals surface area contributed by atoms with E-state index in [0.29, 0.717) is 36.6 Å². The zero-order valence-corrected chi connectivity index (χ0v) is 17.3. The lowest BCUT2D eigenvalue weighted by Crippen LogP contribution is -2.37. The Morgan fingerprint density at radius 1 is 1.11 bits per heavy atom. The second-order valence-corrected chi connectivity index (χ2v) is 9.39. The van der Waals surface area contributed by atoms with E-state index in [9.17, 15) is 13.2 Å². The Balaban J connectivity index is 1.77. The SMILES string of the molecule is Cc1[nH]c(C)c(S(=O)(=O)NCCC2=CCCCC2)c1C(=O)N1CCCCC1. The first-order valence-corrected chi connectivity index (χ1v) is 11.5. The predicted octanol–water partition coefficient (Wildman–Crippen LogP) is 3.43. The van der Waals surface area contributed by atoms with Crippen molar-refractivity contribution in [2.45, 2.75) is 70.1 Å². The Labute approximate surface area is 162 Å². The molecule has 0 spiro atoms. The Bertz CT molecular complexity index is 818. The lowest BCUT2D eigenvalue weighted by molar-refractivity contribution is 0.0720. The van der Waals surface area contributed by atoms with Crippen molar-refractivity contribution >= 4 is 15.9 Å².